The van der Waals surface area contributed by atoms with Crippen molar-refractivity contribution in [3.63, 3.8) is 0 Å². The van der Waals surface area contributed by atoms with Crippen LogP contribution in [-0.4, -0.2) is 33.6 Å². The minimum atomic E-state index is -0.107. The van der Waals surface area contributed by atoms with Gasteiger partial charge in [-0.25, -0.2) is 4.98 Å². The zero-order valence-corrected chi connectivity index (χ0v) is 15.9. The number of nitrogens with zero attached hydrogens (tertiary/aromatic N) is 4. The van der Waals surface area contributed by atoms with Crippen LogP contribution in [-0.2, 0) is 4.79 Å². The molecule has 26 heavy (non-hydrogen) atoms. The quantitative estimate of drug-likeness (QED) is 0.754. The molecule has 1 amide bonds. The van der Waals surface area contributed by atoms with E-state index in [9.17, 15) is 4.79 Å². The van der Waals surface area contributed by atoms with Gasteiger partial charge in [0.2, 0.25) is 16.0 Å². The van der Waals surface area contributed by atoms with Crippen molar-refractivity contribution < 1.29 is 4.79 Å². The number of carbonyl (C=O) groups excluding carboxylic acids is 1. The van der Waals surface area contributed by atoms with E-state index in [0.29, 0.717) is 5.82 Å². The van der Waals surface area contributed by atoms with Crippen molar-refractivity contribution in [1.82, 2.24) is 14.6 Å². The number of benzene rings is 1. The van der Waals surface area contributed by atoms with Crippen LogP contribution >= 0.6 is 11.3 Å². The van der Waals surface area contributed by atoms with Gasteiger partial charge in [-0.2, -0.15) is 4.52 Å². The van der Waals surface area contributed by atoms with Gasteiger partial charge in [0.1, 0.15) is 5.69 Å². The van der Waals surface area contributed by atoms with Crippen molar-refractivity contribution in [3.05, 3.63) is 30.3 Å². The molecule has 6 nitrogen and oxygen atoms in total. The van der Waals surface area contributed by atoms with Gasteiger partial charge in [0.25, 0.3) is 0 Å². The Kier molecular flexibility index (Phi) is 4.63. The Morgan fingerprint density at radius 2 is 1.88 bits per heavy atom. The zero-order valence-electron chi connectivity index (χ0n) is 15.1. The van der Waals surface area contributed by atoms with E-state index in [0.717, 1.165) is 34.4 Å². The van der Waals surface area contributed by atoms with E-state index in [2.05, 4.69) is 10.2 Å². The summed E-state index contributed by atoms with van der Waals surface area (Å²) in [5.41, 5.74) is 1.74. The number of amides is 1. The average Bonchev–Trinajstić information content (AvgIpc) is 3.22. The van der Waals surface area contributed by atoms with Crippen molar-refractivity contribution in [2.45, 2.75) is 33.1 Å². The molecule has 0 bridgehead atoms. The summed E-state index contributed by atoms with van der Waals surface area (Å²) in [7, 11) is 0. The predicted octanol–water partition coefficient (Wildman–Crippen LogP) is 4.04. The van der Waals surface area contributed by atoms with E-state index < -0.39 is 0 Å². The lowest BCUT2D eigenvalue weighted by Crippen LogP contribution is -2.29. The molecule has 0 spiro atoms. The molecular weight excluding hydrogens is 346 g/mol. The predicted molar refractivity (Wildman–Crippen MR) is 106 cm³/mol. The van der Waals surface area contributed by atoms with Crippen LogP contribution in [0.3, 0.4) is 0 Å². The van der Waals surface area contributed by atoms with E-state index in [-0.39, 0.29) is 11.8 Å². The molecule has 4 rings (SSSR count). The van der Waals surface area contributed by atoms with E-state index in [1.165, 1.54) is 19.3 Å². The van der Waals surface area contributed by atoms with E-state index in [1.54, 1.807) is 15.9 Å². The highest BCUT2D eigenvalue weighted by Gasteiger charge is 2.23. The van der Waals surface area contributed by atoms with Crippen LogP contribution in [0.5, 0.6) is 0 Å². The number of carbonyl (C=O) groups is 1. The fourth-order valence-electron chi connectivity index (χ4n) is 3.12. The summed E-state index contributed by atoms with van der Waals surface area (Å²) in [6.45, 7) is 5.84. The molecule has 3 aromatic rings. The average molecular weight is 369 g/mol. The molecular formula is C19H23N5OS. The van der Waals surface area contributed by atoms with Crippen molar-refractivity contribution in [3.8, 4) is 11.3 Å². The highest BCUT2D eigenvalue weighted by atomic mass is 32.1. The lowest BCUT2D eigenvalue weighted by atomic mass is 10.1. The first kappa shape index (κ1) is 17.0. The third-order valence-electron chi connectivity index (χ3n) is 4.63. The van der Waals surface area contributed by atoms with Crippen LogP contribution in [0, 0.1) is 5.92 Å². The lowest BCUT2D eigenvalue weighted by molar-refractivity contribution is -0.118. The van der Waals surface area contributed by atoms with Crippen molar-refractivity contribution in [2.75, 3.05) is 23.3 Å². The summed E-state index contributed by atoms with van der Waals surface area (Å²) in [6, 6.07) is 9.93. The van der Waals surface area contributed by atoms with Crippen LogP contribution in [0.4, 0.5) is 10.9 Å². The first-order chi connectivity index (χ1) is 12.6. The van der Waals surface area contributed by atoms with Crippen LogP contribution < -0.4 is 10.2 Å². The van der Waals surface area contributed by atoms with Crippen molar-refractivity contribution >= 4 is 33.2 Å². The SMILES string of the molecule is CC(C)C(=O)Nc1c(-c2ccccc2)nc2sc(N3CCCCC3)nn12. The Morgan fingerprint density at radius 1 is 1.15 bits per heavy atom. The molecule has 0 radical (unpaired) electrons. The van der Waals surface area contributed by atoms with Gasteiger partial charge in [0, 0.05) is 24.6 Å². The molecule has 1 fully saturated rings. The molecule has 1 N–H and O–H groups in total. The summed E-state index contributed by atoms with van der Waals surface area (Å²) in [6.07, 6.45) is 3.69. The van der Waals surface area contributed by atoms with Crippen molar-refractivity contribution in [1.29, 1.82) is 0 Å². The Hall–Kier alpha value is -2.41. The van der Waals surface area contributed by atoms with Crippen LogP contribution in [0.25, 0.3) is 16.2 Å². The molecule has 136 valence electrons. The van der Waals surface area contributed by atoms with Gasteiger partial charge in [0.05, 0.1) is 0 Å². The molecule has 1 aliphatic rings. The normalized spacial score (nSPS) is 15.0. The van der Waals surface area contributed by atoms with E-state index in [1.807, 2.05) is 44.2 Å². The van der Waals surface area contributed by atoms with E-state index in [4.69, 9.17) is 10.1 Å². The minimum absolute atomic E-state index is 0.0310. The maximum atomic E-state index is 12.4. The number of hydrogen-bond acceptors (Lipinski definition) is 5. The van der Waals surface area contributed by atoms with Crippen molar-refractivity contribution in [2.24, 2.45) is 5.92 Å². The number of aromatic nitrogens is 3. The number of rotatable bonds is 4. The Labute approximate surface area is 156 Å². The Bertz CT molecular complexity index is 909. The fourth-order valence-corrected chi connectivity index (χ4v) is 4.07. The van der Waals surface area contributed by atoms with Gasteiger partial charge in [-0.15, -0.1) is 5.10 Å². The third kappa shape index (κ3) is 3.19. The molecule has 1 aliphatic heterocycles. The fraction of sp³-hybridized carbons (Fsp3) is 0.421. The first-order valence-corrected chi connectivity index (χ1v) is 9.96. The molecule has 0 aliphatic carbocycles. The third-order valence-corrected chi connectivity index (χ3v) is 5.60. The summed E-state index contributed by atoms with van der Waals surface area (Å²) >= 11 is 1.58. The molecule has 0 saturated carbocycles. The topological polar surface area (TPSA) is 62.5 Å². The van der Waals surface area contributed by atoms with Gasteiger partial charge >= 0.3 is 0 Å². The summed E-state index contributed by atoms with van der Waals surface area (Å²) < 4.78 is 1.79. The molecule has 0 atom stereocenters. The van der Waals surface area contributed by atoms with Gasteiger partial charge in [-0.1, -0.05) is 55.5 Å². The van der Waals surface area contributed by atoms with Gasteiger partial charge in [-0.05, 0) is 19.3 Å². The molecule has 2 aromatic heterocycles. The standard InChI is InChI=1S/C19H23N5OS/c1-13(2)17(25)21-16-15(14-9-5-3-6-10-14)20-18-24(16)22-19(26-18)23-11-7-4-8-12-23/h3,5-6,9-10,13H,4,7-8,11-12H2,1-2H3,(H,21,25). The minimum Gasteiger partial charge on any atom is -0.347 e. The second-order valence-corrected chi connectivity index (χ2v) is 7.88. The second kappa shape index (κ2) is 7.07. The van der Waals surface area contributed by atoms with Gasteiger partial charge < -0.3 is 10.2 Å². The maximum Gasteiger partial charge on any atom is 0.228 e. The number of imidazole rings is 1. The molecule has 1 aromatic carbocycles. The number of nitrogens with one attached hydrogen (secondary N) is 1. The first-order valence-electron chi connectivity index (χ1n) is 9.14. The highest BCUT2D eigenvalue weighted by molar-refractivity contribution is 7.20. The molecule has 7 heteroatoms. The zero-order chi connectivity index (χ0) is 18.1. The molecule has 1 saturated heterocycles. The van der Waals surface area contributed by atoms with Crippen LogP contribution in [0.2, 0.25) is 0 Å². The number of fused-ring (bicyclic) bond motifs is 1. The van der Waals surface area contributed by atoms with Gasteiger partial charge in [0.15, 0.2) is 5.82 Å². The van der Waals surface area contributed by atoms with Gasteiger partial charge in [-0.3, -0.25) is 4.79 Å². The number of hydrogen-bond donors (Lipinski definition) is 1. The number of piperidine rings is 1. The molecule has 3 heterocycles. The van der Waals surface area contributed by atoms with Crippen LogP contribution in [0.1, 0.15) is 33.1 Å². The maximum absolute atomic E-state index is 12.4. The Balaban J connectivity index is 1.78. The van der Waals surface area contributed by atoms with E-state index >= 15 is 0 Å². The molecule has 0 unspecified atom stereocenters. The largest absolute Gasteiger partial charge is 0.347 e. The van der Waals surface area contributed by atoms with Crippen LogP contribution in [0.15, 0.2) is 30.3 Å². The smallest absolute Gasteiger partial charge is 0.228 e. The lowest BCUT2D eigenvalue weighted by Gasteiger charge is -2.25. The second-order valence-electron chi connectivity index (χ2n) is 6.95. The Morgan fingerprint density at radius 3 is 2.58 bits per heavy atom. The highest BCUT2D eigenvalue weighted by Crippen LogP contribution is 2.34. The summed E-state index contributed by atoms with van der Waals surface area (Å²) in [5, 5.41) is 8.79. The monoisotopic (exact) mass is 369 g/mol. The number of anilines is 2. The summed E-state index contributed by atoms with van der Waals surface area (Å²) in [4.78, 5) is 20.3. The summed E-state index contributed by atoms with van der Waals surface area (Å²) in [5.74, 6) is 0.519.